The fourth-order valence-electron chi connectivity index (χ4n) is 3.53. The van der Waals surface area contributed by atoms with Gasteiger partial charge in [-0.15, -0.1) is 0 Å². The van der Waals surface area contributed by atoms with Gasteiger partial charge in [0.1, 0.15) is 0 Å². The number of esters is 1. The van der Waals surface area contributed by atoms with E-state index < -0.39 is 23.4 Å². The van der Waals surface area contributed by atoms with E-state index in [1.807, 2.05) is 12.1 Å². The molecule has 2 aromatic carbocycles. The van der Waals surface area contributed by atoms with Gasteiger partial charge in [0.2, 0.25) is 0 Å². The van der Waals surface area contributed by atoms with Crippen LogP contribution in [0.2, 0.25) is 0 Å². The molecule has 31 heavy (non-hydrogen) atoms. The van der Waals surface area contributed by atoms with Crippen molar-refractivity contribution in [3.05, 3.63) is 68.8 Å². The lowest BCUT2D eigenvalue weighted by Gasteiger charge is -2.16. The first kappa shape index (κ1) is 22.1. The van der Waals surface area contributed by atoms with E-state index in [1.54, 1.807) is 13.0 Å². The number of aryl methyl sites for hydroxylation is 3. The minimum absolute atomic E-state index is 0.00320. The monoisotopic (exact) mass is 424 g/mol. The molecule has 1 amide bonds. The van der Waals surface area contributed by atoms with Crippen molar-refractivity contribution in [3.8, 4) is 0 Å². The van der Waals surface area contributed by atoms with Gasteiger partial charge in [-0.3, -0.25) is 24.5 Å². The molecule has 0 spiro atoms. The van der Waals surface area contributed by atoms with Crippen LogP contribution >= 0.6 is 0 Å². The first-order valence-corrected chi connectivity index (χ1v) is 10.2. The third kappa shape index (κ3) is 5.97. The second-order valence-corrected chi connectivity index (χ2v) is 7.58. The summed E-state index contributed by atoms with van der Waals surface area (Å²) >= 11 is 0. The highest BCUT2D eigenvalue weighted by atomic mass is 16.6. The van der Waals surface area contributed by atoms with Gasteiger partial charge >= 0.3 is 5.97 Å². The molecule has 8 heteroatoms. The largest absolute Gasteiger partial charge is 0.456 e. The number of benzene rings is 2. The van der Waals surface area contributed by atoms with Gasteiger partial charge in [-0.1, -0.05) is 18.2 Å². The molecule has 0 radical (unpaired) electrons. The van der Waals surface area contributed by atoms with Crippen LogP contribution in [0.15, 0.2) is 36.4 Å². The normalized spacial score (nSPS) is 12.5. The number of anilines is 1. The summed E-state index contributed by atoms with van der Waals surface area (Å²) in [5, 5.41) is 13.4. The number of hydrogen-bond acceptors (Lipinski definition) is 6. The van der Waals surface area contributed by atoms with Gasteiger partial charge in [0.05, 0.1) is 17.0 Å². The molecule has 0 saturated carbocycles. The van der Waals surface area contributed by atoms with Crippen molar-refractivity contribution in [1.82, 2.24) is 0 Å². The number of fused-ring (bicyclic) bond motifs is 1. The third-order valence-electron chi connectivity index (χ3n) is 5.30. The number of hydrogen-bond donors (Lipinski definition) is 1. The molecule has 0 heterocycles. The Labute approximate surface area is 179 Å². The summed E-state index contributed by atoms with van der Waals surface area (Å²) in [4.78, 5) is 46.7. The smallest absolute Gasteiger partial charge is 0.306 e. The summed E-state index contributed by atoms with van der Waals surface area (Å²) in [6.45, 7) is 1.16. The van der Waals surface area contributed by atoms with Gasteiger partial charge in [0, 0.05) is 24.1 Å². The number of ether oxygens (including phenoxy) is 1. The summed E-state index contributed by atoms with van der Waals surface area (Å²) in [5.41, 5.74) is 3.84. The number of carbonyl (C=O) groups is 3. The summed E-state index contributed by atoms with van der Waals surface area (Å²) in [7, 11) is 0. The lowest BCUT2D eigenvalue weighted by Crippen LogP contribution is -2.21. The van der Waals surface area contributed by atoms with Gasteiger partial charge < -0.3 is 10.1 Å². The van der Waals surface area contributed by atoms with Crippen molar-refractivity contribution in [2.24, 2.45) is 0 Å². The fourth-order valence-corrected chi connectivity index (χ4v) is 3.53. The highest BCUT2D eigenvalue weighted by Crippen LogP contribution is 2.23. The first-order chi connectivity index (χ1) is 14.8. The van der Waals surface area contributed by atoms with Gasteiger partial charge in [-0.05, 0) is 55.4 Å². The molecule has 2 aromatic rings. The minimum atomic E-state index is -0.655. The van der Waals surface area contributed by atoms with E-state index in [9.17, 15) is 24.5 Å². The quantitative estimate of drug-likeness (QED) is 0.297. The first-order valence-electron chi connectivity index (χ1n) is 10.2. The lowest BCUT2D eigenvalue weighted by molar-refractivity contribution is -0.384. The van der Waals surface area contributed by atoms with Crippen LogP contribution in [0.3, 0.4) is 0 Å². The number of nitro benzene ring substituents is 1. The Kier molecular flexibility index (Phi) is 7.12. The Balaban J connectivity index is 1.46. The number of nitrogens with zero attached hydrogens (tertiary/aromatic N) is 1. The van der Waals surface area contributed by atoms with E-state index >= 15 is 0 Å². The van der Waals surface area contributed by atoms with Crippen LogP contribution in [0.25, 0.3) is 0 Å². The van der Waals surface area contributed by atoms with Gasteiger partial charge in [0.15, 0.2) is 12.4 Å². The maximum atomic E-state index is 12.4. The molecule has 162 valence electrons. The maximum absolute atomic E-state index is 12.4. The Hall–Kier alpha value is -3.55. The molecule has 0 aliphatic heterocycles. The van der Waals surface area contributed by atoms with Crippen LogP contribution in [0.1, 0.15) is 52.7 Å². The highest BCUT2D eigenvalue weighted by Gasteiger charge is 2.16. The minimum Gasteiger partial charge on any atom is -0.456 e. The summed E-state index contributed by atoms with van der Waals surface area (Å²) < 4.78 is 4.93. The zero-order valence-corrected chi connectivity index (χ0v) is 17.3. The fraction of sp³-hybridized carbons (Fsp3) is 0.348. The zero-order valence-electron chi connectivity index (χ0n) is 17.3. The van der Waals surface area contributed by atoms with Crippen LogP contribution < -0.4 is 5.32 Å². The molecule has 0 atom stereocenters. The number of non-ortho nitro benzene ring substituents is 1. The number of nitro groups is 1. The van der Waals surface area contributed by atoms with E-state index in [4.69, 9.17) is 4.74 Å². The Morgan fingerprint density at radius 3 is 2.52 bits per heavy atom. The molecule has 1 aliphatic carbocycles. The number of ketones is 1. The summed E-state index contributed by atoms with van der Waals surface area (Å²) in [6.07, 6.45) is 4.17. The molecule has 1 N–H and O–H groups in total. The van der Waals surface area contributed by atoms with Crippen molar-refractivity contribution >= 4 is 29.0 Å². The molecule has 0 saturated heterocycles. The van der Waals surface area contributed by atoms with Crippen LogP contribution in [-0.4, -0.2) is 29.2 Å². The molecule has 0 aromatic heterocycles. The lowest BCUT2D eigenvalue weighted by atomic mass is 9.89. The second kappa shape index (κ2) is 9.97. The number of Topliss-reactive ketones (excluding diaryl/α,β-unsaturated/α-hetero) is 1. The predicted octanol–water partition coefficient (Wildman–Crippen LogP) is 3.93. The van der Waals surface area contributed by atoms with Crippen LogP contribution in [0.4, 0.5) is 11.4 Å². The topological polar surface area (TPSA) is 116 Å². The van der Waals surface area contributed by atoms with E-state index in [1.165, 1.54) is 35.7 Å². The molecule has 1 aliphatic rings. The molecule has 0 unspecified atom stereocenters. The van der Waals surface area contributed by atoms with Crippen molar-refractivity contribution in [2.45, 2.75) is 45.4 Å². The number of rotatable bonds is 8. The average molecular weight is 424 g/mol. The molecule has 0 fully saturated rings. The van der Waals surface area contributed by atoms with Gasteiger partial charge in [-0.2, -0.15) is 0 Å². The maximum Gasteiger partial charge on any atom is 0.306 e. The van der Waals surface area contributed by atoms with Crippen molar-refractivity contribution < 1.29 is 24.0 Å². The van der Waals surface area contributed by atoms with Gasteiger partial charge in [0.25, 0.3) is 11.6 Å². The van der Waals surface area contributed by atoms with Crippen molar-refractivity contribution in [2.75, 3.05) is 11.9 Å². The summed E-state index contributed by atoms with van der Waals surface area (Å²) in [5.74, 6) is -1.41. The Morgan fingerprint density at radius 2 is 1.77 bits per heavy atom. The molecule has 8 nitrogen and oxygen atoms in total. The number of nitrogens with one attached hydrogen (secondary N) is 1. The Morgan fingerprint density at radius 1 is 1.03 bits per heavy atom. The zero-order chi connectivity index (χ0) is 22.4. The Bertz CT molecular complexity index is 1030. The van der Waals surface area contributed by atoms with E-state index in [0.717, 1.165) is 19.3 Å². The number of carbonyl (C=O) groups excluding carboxylic acids is 3. The second-order valence-electron chi connectivity index (χ2n) is 7.58. The van der Waals surface area contributed by atoms with E-state index in [2.05, 4.69) is 5.32 Å². The van der Waals surface area contributed by atoms with Crippen molar-refractivity contribution in [1.29, 1.82) is 0 Å². The third-order valence-corrected chi connectivity index (χ3v) is 5.30. The van der Waals surface area contributed by atoms with Crippen LogP contribution in [0, 0.1) is 17.0 Å². The van der Waals surface area contributed by atoms with Crippen LogP contribution in [0.5, 0.6) is 0 Å². The number of amides is 1. The highest BCUT2D eigenvalue weighted by molar-refractivity contribution is 5.98. The molecule has 3 rings (SSSR count). The SMILES string of the molecule is Cc1ccc([N+](=O)[O-])cc1NC(=O)COC(=O)CCC(=O)c1ccc2c(c1)CCCC2. The molecular weight excluding hydrogens is 400 g/mol. The van der Waals surface area contributed by atoms with Gasteiger partial charge in [-0.25, -0.2) is 0 Å². The summed E-state index contributed by atoms with van der Waals surface area (Å²) in [6, 6.07) is 9.80. The van der Waals surface area contributed by atoms with Crippen LogP contribution in [-0.2, 0) is 27.2 Å². The van der Waals surface area contributed by atoms with E-state index in [0.29, 0.717) is 11.1 Å². The molecular formula is C23H24N2O6. The average Bonchev–Trinajstić information content (AvgIpc) is 2.77. The van der Waals surface area contributed by atoms with Crippen molar-refractivity contribution in [3.63, 3.8) is 0 Å². The predicted molar refractivity (Wildman–Crippen MR) is 114 cm³/mol. The molecule has 0 bridgehead atoms. The standard InChI is InChI=1S/C23H24N2O6/c1-15-6-9-19(25(29)30)13-20(15)24-22(27)14-31-23(28)11-10-21(26)18-8-7-16-4-2-3-5-17(16)12-18/h6-9,12-13H,2-5,10-11,14H2,1H3,(H,24,27). The van der Waals surface area contributed by atoms with E-state index in [-0.39, 0.29) is 30.0 Å².